The Kier molecular flexibility index (Phi) is 9.11. The first-order valence-corrected chi connectivity index (χ1v) is 19.2. The van der Waals surface area contributed by atoms with E-state index in [2.05, 4.69) is 56.9 Å². The van der Waals surface area contributed by atoms with Crippen molar-refractivity contribution >= 4 is 11.8 Å². The van der Waals surface area contributed by atoms with Crippen LogP contribution in [0.4, 0.5) is 0 Å². The molecular formula is C38H64N4O4. The molecule has 3 saturated heterocycles. The molecule has 2 amide bonds. The molecule has 3 aliphatic heterocycles. The lowest BCUT2D eigenvalue weighted by molar-refractivity contribution is -0.273. The fourth-order valence-electron chi connectivity index (χ4n) is 12.5. The maximum atomic E-state index is 13.1. The summed E-state index contributed by atoms with van der Waals surface area (Å²) in [6.45, 7) is 16.2. The fourth-order valence-corrected chi connectivity index (χ4v) is 12.5. The van der Waals surface area contributed by atoms with Crippen LogP contribution in [0.15, 0.2) is 0 Å². The van der Waals surface area contributed by atoms with Crippen LogP contribution in [0.25, 0.3) is 0 Å². The minimum atomic E-state index is -0.329. The van der Waals surface area contributed by atoms with Crippen LogP contribution in [0.2, 0.25) is 0 Å². The number of nitrogens with one attached hydrogen (secondary N) is 1. The lowest BCUT2D eigenvalue weighted by Crippen LogP contribution is -2.56. The van der Waals surface area contributed by atoms with Crippen LogP contribution in [0.3, 0.4) is 0 Å². The Hall–Kier alpha value is -1.22. The summed E-state index contributed by atoms with van der Waals surface area (Å²) in [6, 6.07) is 0.209. The van der Waals surface area contributed by atoms with Crippen molar-refractivity contribution in [2.45, 2.75) is 116 Å². The third-order valence-corrected chi connectivity index (χ3v) is 15.2. The average molecular weight is 641 g/mol. The summed E-state index contributed by atoms with van der Waals surface area (Å²) in [5.41, 5.74) is 0.725. The van der Waals surface area contributed by atoms with Crippen LogP contribution in [-0.2, 0) is 19.1 Å². The van der Waals surface area contributed by atoms with Gasteiger partial charge in [-0.05, 0) is 118 Å². The molecule has 0 aromatic heterocycles. The maximum absolute atomic E-state index is 13.1. The molecule has 8 nitrogen and oxygen atoms in total. The van der Waals surface area contributed by atoms with E-state index < -0.39 is 0 Å². The molecule has 7 aliphatic rings. The van der Waals surface area contributed by atoms with E-state index in [0.29, 0.717) is 40.6 Å². The molecule has 7 rings (SSSR count). The number of carbonyl (C=O) groups is 2. The van der Waals surface area contributed by atoms with Crippen molar-refractivity contribution in [2.75, 3.05) is 60.0 Å². The number of hydrogen-bond acceptors (Lipinski definition) is 6. The SMILES string of the molecule is C[C@H]1CC[C@@]2(OC1)OC1CC3C4CC[C@@H]5CC(NC(=O)CC(=O)N6CCN(CCN(C)C)CC6)CC[C@]5(C)C4CC[C@]3(C)C1[C@@H]2C. The second kappa shape index (κ2) is 12.6. The molecule has 1 spiro atoms. The Bertz CT molecular complexity index is 1130. The van der Waals surface area contributed by atoms with Gasteiger partial charge in [0.1, 0.15) is 6.42 Å². The van der Waals surface area contributed by atoms with E-state index in [1.54, 1.807) is 0 Å². The number of carbonyl (C=O) groups excluding carboxylic acids is 2. The average Bonchev–Trinajstić information content (AvgIpc) is 3.47. The smallest absolute Gasteiger partial charge is 0.232 e. The standard InChI is InChI=1S/C38H64N4O4/c1-25-9-14-38(45-24-25)26(2)35-32(46-38)22-31-29-8-7-27-21-28(10-12-36(27,3)30(29)11-13-37(31,35)4)39-33(43)23-34(44)42-19-17-41(18-20-42)16-15-40(5)6/h25-32,35H,7-24H2,1-6H3,(H,39,43)/t25-,26-,27+,28?,29?,30?,31?,32?,35?,36-,37-,38+/m0/s1. The Morgan fingerprint density at radius 3 is 2.37 bits per heavy atom. The zero-order valence-corrected chi connectivity index (χ0v) is 29.9. The first-order chi connectivity index (χ1) is 21.9. The molecule has 1 N–H and O–H groups in total. The summed E-state index contributed by atoms with van der Waals surface area (Å²) in [7, 11) is 4.19. The van der Waals surface area contributed by atoms with Gasteiger partial charge in [0, 0.05) is 57.6 Å². The predicted octanol–water partition coefficient (Wildman–Crippen LogP) is 5.01. The van der Waals surface area contributed by atoms with E-state index in [4.69, 9.17) is 9.47 Å². The normalized spacial score (nSPS) is 47.3. The van der Waals surface area contributed by atoms with Gasteiger partial charge in [-0.15, -0.1) is 0 Å². The number of piperazine rings is 1. The number of fused-ring (bicyclic) bond motifs is 7. The monoisotopic (exact) mass is 640 g/mol. The number of nitrogens with zero attached hydrogens (tertiary/aromatic N) is 3. The van der Waals surface area contributed by atoms with Crippen LogP contribution in [-0.4, -0.2) is 104 Å². The molecule has 8 heteroatoms. The van der Waals surface area contributed by atoms with Crippen molar-refractivity contribution in [3.05, 3.63) is 0 Å². The fraction of sp³-hybridized carbons (Fsp3) is 0.947. The van der Waals surface area contributed by atoms with Gasteiger partial charge in [0.25, 0.3) is 0 Å². The molecule has 260 valence electrons. The minimum Gasteiger partial charge on any atom is -0.353 e. The van der Waals surface area contributed by atoms with Crippen LogP contribution in [0.1, 0.15) is 98.3 Å². The van der Waals surface area contributed by atoms with Crippen molar-refractivity contribution in [1.29, 1.82) is 0 Å². The minimum absolute atomic E-state index is 0.00469. The summed E-state index contributed by atoms with van der Waals surface area (Å²) in [5.74, 6) is 4.36. The zero-order valence-electron chi connectivity index (χ0n) is 29.9. The van der Waals surface area contributed by atoms with Gasteiger partial charge in [-0.3, -0.25) is 14.5 Å². The van der Waals surface area contributed by atoms with Crippen LogP contribution in [0, 0.1) is 52.3 Å². The lowest BCUT2D eigenvalue weighted by atomic mass is 9.44. The first-order valence-electron chi connectivity index (χ1n) is 19.2. The van der Waals surface area contributed by atoms with Crippen LogP contribution in [0.5, 0.6) is 0 Å². The third-order valence-electron chi connectivity index (χ3n) is 15.2. The summed E-state index contributed by atoms with van der Waals surface area (Å²) in [4.78, 5) is 32.6. The number of ether oxygens (including phenoxy) is 2. The summed E-state index contributed by atoms with van der Waals surface area (Å²) in [6.07, 6.45) is 12.5. The van der Waals surface area contributed by atoms with Gasteiger partial charge >= 0.3 is 0 Å². The van der Waals surface area contributed by atoms with Crippen molar-refractivity contribution in [3.63, 3.8) is 0 Å². The summed E-state index contributed by atoms with van der Waals surface area (Å²) >= 11 is 0. The quantitative estimate of drug-likeness (QED) is 0.412. The molecule has 46 heavy (non-hydrogen) atoms. The Balaban J connectivity index is 0.917. The predicted molar refractivity (Wildman–Crippen MR) is 180 cm³/mol. The molecule has 0 aromatic rings. The van der Waals surface area contributed by atoms with Gasteiger partial charge in [-0.25, -0.2) is 0 Å². The Morgan fingerprint density at radius 2 is 1.65 bits per heavy atom. The molecule has 12 atom stereocenters. The zero-order chi connectivity index (χ0) is 32.4. The van der Waals surface area contributed by atoms with Gasteiger partial charge in [-0.2, -0.15) is 0 Å². The van der Waals surface area contributed by atoms with Gasteiger partial charge in [0.2, 0.25) is 11.8 Å². The molecule has 6 unspecified atom stereocenters. The second-order valence-electron chi connectivity index (χ2n) is 17.9. The molecule has 7 fully saturated rings. The van der Waals surface area contributed by atoms with Crippen molar-refractivity contribution in [1.82, 2.24) is 20.0 Å². The van der Waals surface area contributed by atoms with Gasteiger partial charge < -0.3 is 24.6 Å². The van der Waals surface area contributed by atoms with E-state index in [-0.39, 0.29) is 30.1 Å². The van der Waals surface area contributed by atoms with Gasteiger partial charge in [0.15, 0.2) is 5.79 Å². The van der Waals surface area contributed by atoms with Crippen molar-refractivity contribution < 1.29 is 19.1 Å². The second-order valence-corrected chi connectivity index (χ2v) is 17.9. The third kappa shape index (κ3) is 5.77. The van der Waals surface area contributed by atoms with Crippen LogP contribution >= 0.6 is 0 Å². The lowest BCUT2D eigenvalue weighted by Gasteiger charge is -2.61. The van der Waals surface area contributed by atoms with Crippen molar-refractivity contribution in [3.8, 4) is 0 Å². The molecule has 0 bridgehead atoms. The highest BCUT2D eigenvalue weighted by molar-refractivity contribution is 5.97. The number of likely N-dealkylation sites (N-methyl/N-ethyl adjacent to an activating group) is 1. The summed E-state index contributed by atoms with van der Waals surface area (Å²) in [5, 5.41) is 3.33. The van der Waals surface area contributed by atoms with E-state index in [9.17, 15) is 9.59 Å². The molecular weight excluding hydrogens is 576 g/mol. The summed E-state index contributed by atoms with van der Waals surface area (Å²) < 4.78 is 13.5. The molecule has 3 heterocycles. The highest BCUT2D eigenvalue weighted by Crippen LogP contribution is 2.71. The van der Waals surface area contributed by atoms with E-state index in [0.717, 1.165) is 82.9 Å². The molecule has 0 radical (unpaired) electrons. The highest BCUT2D eigenvalue weighted by atomic mass is 16.7. The maximum Gasteiger partial charge on any atom is 0.232 e. The Morgan fingerprint density at radius 1 is 0.891 bits per heavy atom. The molecule has 4 saturated carbocycles. The molecule has 0 aromatic carbocycles. The van der Waals surface area contributed by atoms with E-state index >= 15 is 0 Å². The number of amides is 2. The highest BCUT2D eigenvalue weighted by Gasteiger charge is 2.69. The van der Waals surface area contributed by atoms with E-state index in [1.165, 1.54) is 44.9 Å². The first kappa shape index (κ1) is 33.3. The number of rotatable bonds is 6. The van der Waals surface area contributed by atoms with Gasteiger partial charge in [-0.1, -0.05) is 27.7 Å². The number of hydrogen-bond donors (Lipinski definition) is 1. The van der Waals surface area contributed by atoms with Crippen molar-refractivity contribution in [2.24, 2.45) is 52.3 Å². The largest absolute Gasteiger partial charge is 0.353 e. The topological polar surface area (TPSA) is 74.3 Å². The van der Waals surface area contributed by atoms with Crippen LogP contribution < -0.4 is 5.32 Å². The van der Waals surface area contributed by atoms with E-state index in [1.807, 2.05) is 4.90 Å². The Labute approximate surface area is 279 Å². The molecule has 4 aliphatic carbocycles. The van der Waals surface area contributed by atoms with Gasteiger partial charge in [0.05, 0.1) is 12.7 Å².